The van der Waals surface area contributed by atoms with Gasteiger partial charge in [0.15, 0.2) is 0 Å². The third kappa shape index (κ3) is 4.98. The zero-order chi connectivity index (χ0) is 17.7. The van der Waals surface area contributed by atoms with Gasteiger partial charge in [-0.25, -0.2) is 0 Å². The van der Waals surface area contributed by atoms with Gasteiger partial charge in [0, 0.05) is 24.2 Å². The van der Waals surface area contributed by atoms with Crippen molar-refractivity contribution in [2.24, 2.45) is 0 Å². The SMILES string of the molecule is Cc1ccc(OCC(O)CN(C)C(=O)c2ccc(Cl)cc2)c(C)c1. The van der Waals surface area contributed by atoms with Crippen molar-refractivity contribution in [1.29, 1.82) is 0 Å². The van der Waals surface area contributed by atoms with Crippen molar-refractivity contribution in [3.05, 3.63) is 64.2 Å². The van der Waals surface area contributed by atoms with E-state index in [9.17, 15) is 9.90 Å². The number of halogens is 1. The first-order valence-electron chi connectivity index (χ1n) is 7.76. The Morgan fingerprint density at radius 2 is 1.88 bits per heavy atom. The zero-order valence-corrected chi connectivity index (χ0v) is 14.9. The number of carbonyl (C=O) groups excluding carboxylic acids is 1. The number of hydrogen-bond donors (Lipinski definition) is 1. The number of aryl methyl sites for hydroxylation is 2. The highest BCUT2D eigenvalue weighted by Gasteiger charge is 2.16. The van der Waals surface area contributed by atoms with Crippen molar-refractivity contribution >= 4 is 17.5 Å². The smallest absolute Gasteiger partial charge is 0.253 e. The van der Waals surface area contributed by atoms with Gasteiger partial charge in [0.1, 0.15) is 18.5 Å². The molecule has 0 fully saturated rings. The van der Waals surface area contributed by atoms with E-state index in [-0.39, 0.29) is 19.1 Å². The van der Waals surface area contributed by atoms with E-state index < -0.39 is 6.10 Å². The lowest BCUT2D eigenvalue weighted by atomic mass is 10.1. The van der Waals surface area contributed by atoms with E-state index in [0.29, 0.717) is 10.6 Å². The monoisotopic (exact) mass is 347 g/mol. The molecule has 128 valence electrons. The Kier molecular flexibility index (Phi) is 6.23. The normalized spacial score (nSPS) is 11.9. The van der Waals surface area contributed by atoms with Gasteiger partial charge in [0.2, 0.25) is 0 Å². The summed E-state index contributed by atoms with van der Waals surface area (Å²) < 4.78 is 5.65. The largest absolute Gasteiger partial charge is 0.491 e. The zero-order valence-electron chi connectivity index (χ0n) is 14.1. The van der Waals surface area contributed by atoms with Gasteiger partial charge in [-0.05, 0) is 49.7 Å². The first-order valence-corrected chi connectivity index (χ1v) is 8.14. The van der Waals surface area contributed by atoms with E-state index in [1.165, 1.54) is 4.90 Å². The molecule has 2 aromatic rings. The molecule has 5 heteroatoms. The molecule has 0 aromatic heterocycles. The van der Waals surface area contributed by atoms with Gasteiger partial charge in [-0.15, -0.1) is 0 Å². The number of nitrogens with zero attached hydrogens (tertiary/aromatic N) is 1. The third-order valence-electron chi connectivity index (χ3n) is 3.68. The Balaban J connectivity index is 1.88. The number of amides is 1. The molecule has 4 nitrogen and oxygen atoms in total. The fourth-order valence-electron chi connectivity index (χ4n) is 2.41. The van der Waals surface area contributed by atoms with E-state index in [1.807, 2.05) is 32.0 Å². The molecule has 0 bridgehead atoms. The van der Waals surface area contributed by atoms with Crippen molar-refractivity contribution < 1.29 is 14.6 Å². The highest BCUT2D eigenvalue weighted by molar-refractivity contribution is 6.30. The summed E-state index contributed by atoms with van der Waals surface area (Å²) in [7, 11) is 1.65. The van der Waals surface area contributed by atoms with Crippen molar-refractivity contribution in [2.75, 3.05) is 20.2 Å². The number of ether oxygens (including phenoxy) is 1. The lowest BCUT2D eigenvalue weighted by Crippen LogP contribution is -2.37. The van der Waals surface area contributed by atoms with E-state index in [0.717, 1.165) is 16.9 Å². The van der Waals surface area contributed by atoms with Gasteiger partial charge in [-0.3, -0.25) is 4.79 Å². The molecule has 0 saturated carbocycles. The molecule has 1 amide bonds. The molecule has 0 aliphatic carbocycles. The summed E-state index contributed by atoms with van der Waals surface area (Å²) in [4.78, 5) is 13.8. The van der Waals surface area contributed by atoms with Crippen LogP contribution >= 0.6 is 11.6 Å². The molecule has 2 aromatic carbocycles. The second-order valence-corrected chi connectivity index (χ2v) is 6.36. The van der Waals surface area contributed by atoms with Gasteiger partial charge in [-0.1, -0.05) is 29.3 Å². The molecule has 1 unspecified atom stereocenters. The first-order chi connectivity index (χ1) is 11.4. The van der Waals surface area contributed by atoms with E-state index in [4.69, 9.17) is 16.3 Å². The lowest BCUT2D eigenvalue weighted by molar-refractivity contribution is 0.0562. The number of benzene rings is 2. The van der Waals surface area contributed by atoms with Gasteiger partial charge < -0.3 is 14.7 Å². The summed E-state index contributed by atoms with van der Waals surface area (Å²) in [5.74, 6) is 0.573. The minimum Gasteiger partial charge on any atom is -0.491 e. The van der Waals surface area contributed by atoms with E-state index >= 15 is 0 Å². The topological polar surface area (TPSA) is 49.8 Å². The van der Waals surface area contributed by atoms with E-state index in [1.54, 1.807) is 31.3 Å². The van der Waals surface area contributed by atoms with Gasteiger partial charge in [-0.2, -0.15) is 0 Å². The molecule has 0 radical (unpaired) electrons. The Morgan fingerprint density at radius 3 is 2.50 bits per heavy atom. The highest BCUT2D eigenvalue weighted by Crippen LogP contribution is 2.19. The van der Waals surface area contributed by atoms with Crippen LogP contribution in [-0.2, 0) is 0 Å². The predicted molar refractivity (Wildman–Crippen MR) is 95.8 cm³/mol. The van der Waals surface area contributed by atoms with Gasteiger partial charge in [0.05, 0.1) is 0 Å². The molecule has 24 heavy (non-hydrogen) atoms. The molecule has 0 saturated heterocycles. The second kappa shape index (κ2) is 8.18. The number of rotatable bonds is 6. The fourth-order valence-corrected chi connectivity index (χ4v) is 2.54. The van der Waals surface area contributed by atoms with Crippen LogP contribution in [-0.4, -0.2) is 42.2 Å². The molecule has 0 heterocycles. The van der Waals surface area contributed by atoms with E-state index in [2.05, 4.69) is 0 Å². The van der Waals surface area contributed by atoms with Gasteiger partial charge in [0.25, 0.3) is 5.91 Å². The Hall–Kier alpha value is -2.04. The Bertz CT molecular complexity index is 700. The second-order valence-electron chi connectivity index (χ2n) is 5.93. The average molecular weight is 348 g/mol. The van der Waals surface area contributed by atoms with Crippen LogP contribution in [0.3, 0.4) is 0 Å². The maximum absolute atomic E-state index is 12.3. The maximum atomic E-state index is 12.3. The summed E-state index contributed by atoms with van der Waals surface area (Å²) in [5, 5.41) is 10.7. The fraction of sp³-hybridized carbons (Fsp3) is 0.316. The van der Waals surface area contributed by atoms with Crippen LogP contribution in [0.1, 0.15) is 21.5 Å². The lowest BCUT2D eigenvalue weighted by Gasteiger charge is -2.21. The first kappa shape index (κ1) is 18.3. The van der Waals surface area contributed by atoms with Gasteiger partial charge >= 0.3 is 0 Å². The number of aliphatic hydroxyl groups excluding tert-OH is 1. The summed E-state index contributed by atoms with van der Waals surface area (Å²) in [5.41, 5.74) is 2.71. The summed E-state index contributed by atoms with van der Waals surface area (Å²) >= 11 is 5.82. The Labute approximate surface area is 147 Å². The van der Waals surface area contributed by atoms with Crippen LogP contribution in [0.25, 0.3) is 0 Å². The summed E-state index contributed by atoms with van der Waals surface area (Å²) in [6.07, 6.45) is -0.771. The number of likely N-dealkylation sites (N-methyl/N-ethyl adjacent to an activating group) is 1. The molecular formula is C19H22ClNO3. The van der Waals surface area contributed by atoms with Crippen LogP contribution in [0.2, 0.25) is 5.02 Å². The molecule has 1 atom stereocenters. The average Bonchev–Trinajstić information content (AvgIpc) is 2.54. The van der Waals surface area contributed by atoms with Crippen molar-refractivity contribution in [2.45, 2.75) is 20.0 Å². The molecule has 0 aliphatic heterocycles. The Morgan fingerprint density at radius 1 is 1.21 bits per heavy atom. The summed E-state index contributed by atoms with van der Waals surface area (Å²) in [6, 6.07) is 12.5. The molecule has 0 aliphatic rings. The van der Waals surface area contributed by atoms with Crippen molar-refractivity contribution in [1.82, 2.24) is 4.90 Å². The number of hydrogen-bond acceptors (Lipinski definition) is 3. The standard InChI is InChI=1S/C19H22ClNO3/c1-13-4-9-18(14(2)10-13)24-12-17(22)11-21(3)19(23)15-5-7-16(20)8-6-15/h4-10,17,22H,11-12H2,1-3H3. The minimum absolute atomic E-state index is 0.127. The van der Waals surface area contributed by atoms with Crippen LogP contribution in [0.15, 0.2) is 42.5 Å². The summed E-state index contributed by atoms with van der Waals surface area (Å²) in [6.45, 7) is 4.29. The van der Waals surface area contributed by atoms with Crippen LogP contribution in [0.5, 0.6) is 5.75 Å². The van der Waals surface area contributed by atoms with Crippen LogP contribution in [0.4, 0.5) is 0 Å². The predicted octanol–water partition coefficient (Wildman–Crippen LogP) is 3.47. The maximum Gasteiger partial charge on any atom is 0.253 e. The molecule has 1 N–H and O–H groups in total. The third-order valence-corrected chi connectivity index (χ3v) is 3.94. The quantitative estimate of drug-likeness (QED) is 0.870. The molecule has 2 rings (SSSR count). The highest BCUT2D eigenvalue weighted by atomic mass is 35.5. The van der Waals surface area contributed by atoms with Crippen LogP contribution < -0.4 is 4.74 Å². The minimum atomic E-state index is -0.771. The number of aliphatic hydroxyl groups is 1. The van der Waals surface area contributed by atoms with Crippen LogP contribution in [0, 0.1) is 13.8 Å². The molecule has 0 spiro atoms. The number of carbonyl (C=O) groups is 1. The van der Waals surface area contributed by atoms with Crippen molar-refractivity contribution in [3.8, 4) is 5.75 Å². The van der Waals surface area contributed by atoms with Crippen molar-refractivity contribution in [3.63, 3.8) is 0 Å². The molecular weight excluding hydrogens is 326 g/mol.